The van der Waals surface area contributed by atoms with Crippen LogP contribution in [0.25, 0.3) is 0 Å². The van der Waals surface area contributed by atoms with Gasteiger partial charge in [-0.15, -0.1) is 0 Å². The average molecular weight is 506 g/mol. The molecule has 192 valence electrons. The van der Waals surface area contributed by atoms with Gasteiger partial charge in [0.05, 0.1) is 5.56 Å². The van der Waals surface area contributed by atoms with Crippen molar-refractivity contribution in [3.63, 3.8) is 0 Å². The van der Waals surface area contributed by atoms with Crippen molar-refractivity contribution in [2.75, 3.05) is 19.6 Å². The van der Waals surface area contributed by atoms with Crippen molar-refractivity contribution in [3.05, 3.63) is 34.9 Å². The maximum absolute atomic E-state index is 13.2. The second-order valence-electron chi connectivity index (χ2n) is 8.73. The van der Waals surface area contributed by atoms with Crippen LogP contribution in [0.3, 0.4) is 0 Å². The van der Waals surface area contributed by atoms with E-state index in [-0.39, 0.29) is 38.0 Å². The van der Waals surface area contributed by atoms with E-state index in [0.29, 0.717) is 18.5 Å². The summed E-state index contributed by atoms with van der Waals surface area (Å²) in [4.78, 5) is 14.8. The molecule has 0 saturated carbocycles. The predicted octanol–water partition coefficient (Wildman–Crippen LogP) is 6.07. The smallest absolute Gasteiger partial charge is 0.426 e. The quantitative estimate of drug-likeness (QED) is 0.467. The number of alkyl halides is 9. The fraction of sp³-hybridized carbons (Fsp3) is 0.667. The van der Waals surface area contributed by atoms with E-state index in [1.54, 1.807) is 6.07 Å². The molecule has 2 saturated heterocycles. The summed E-state index contributed by atoms with van der Waals surface area (Å²) < 4.78 is 120. The zero-order valence-corrected chi connectivity index (χ0v) is 18.1. The molecular weight excluding hydrogens is 483 g/mol. The first-order valence-corrected chi connectivity index (χ1v) is 10.5. The minimum atomic E-state index is -5.80. The highest BCUT2D eigenvalue weighted by Gasteiger charge is 2.60. The summed E-state index contributed by atoms with van der Waals surface area (Å²) in [7, 11) is 0. The van der Waals surface area contributed by atoms with Crippen molar-refractivity contribution >= 4 is 6.09 Å². The van der Waals surface area contributed by atoms with E-state index in [2.05, 4.69) is 4.74 Å². The molecule has 2 aliphatic heterocycles. The van der Waals surface area contributed by atoms with Gasteiger partial charge in [-0.1, -0.05) is 12.1 Å². The van der Waals surface area contributed by atoms with Gasteiger partial charge in [0, 0.05) is 25.2 Å². The Balaban J connectivity index is 1.67. The van der Waals surface area contributed by atoms with E-state index >= 15 is 0 Å². The predicted molar refractivity (Wildman–Crippen MR) is 102 cm³/mol. The normalized spacial score (nSPS) is 19.8. The Bertz CT molecular complexity index is 874. The molecule has 2 fully saturated rings. The molecule has 3 rings (SSSR count). The zero-order chi connectivity index (χ0) is 25.5. The molecule has 0 atom stereocenters. The van der Waals surface area contributed by atoms with Crippen molar-refractivity contribution in [2.24, 2.45) is 0 Å². The van der Waals surface area contributed by atoms with Gasteiger partial charge in [-0.25, -0.2) is 4.79 Å². The molecular formula is C21H23F9N2O2. The standard InChI is InChI=1S/C21H23F9N2O2/c1-13-3-4-14(11-15(13)19(22,23)24)12-32-8-2-5-18(32)6-9-31(10-7-18)17(33)34-16(20(25,26)27)21(28,29)30/h3-4,11,16H,2,5-10,12H2,1H3. The van der Waals surface area contributed by atoms with Gasteiger partial charge in [0.1, 0.15) is 0 Å². The minimum absolute atomic E-state index is 0.0928. The lowest BCUT2D eigenvalue weighted by molar-refractivity contribution is -0.308. The van der Waals surface area contributed by atoms with Crippen LogP contribution in [0.5, 0.6) is 0 Å². The molecule has 1 aromatic carbocycles. The largest absolute Gasteiger partial charge is 0.434 e. The highest BCUT2D eigenvalue weighted by atomic mass is 19.4. The van der Waals surface area contributed by atoms with Crippen LogP contribution in [-0.4, -0.2) is 59.5 Å². The van der Waals surface area contributed by atoms with Crippen LogP contribution in [0.4, 0.5) is 44.3 Å². The number of aryl methyl sites for hydroxylation is 1. The van der Waals surface area contributed by atoms with E-state index in [9.17, 15) is 44.3 Å². The van der Waals surface area contributed by atoms with Gasteiger partial charge in [0.25, 0.3) is 6.10 Å². The van der Waals surface area contributed by atoms with E-state index in [4.69, 9.17) is 0 Å². The van der Waals surface area contributed by atoms with Crippen LogP contribution in [-0.2, 0) is 17.5 Å². The molecule has 4 nitrogen and oxygen atoms in total. The molecule has 13 heteroatoms. The molecule has 1 spiro atoms. The molecule has 0 unspecified atom stereocenters. The topological polar surface area (TPSA) is 32.8 Å². The lowest BCUT2D eigenvalue weighted by atomic mass is 9.84. The highest BCUT2D eigenvalue weighted by molar-refractivity contribution is 5.68. The van der Waals surface area contributed by atoms with Gasteiger partial charge in [-0.05, 0) is 56.3 Å². The Morgan fingerprint density at radius 1 is 0.971 bits per heavy atom. The number of piperidine rings is 1. The Morgan fingerprint density at radius 3 is 2.09 bits per heavy atom. The van der Waals surface area contributed by atoms with Gasteiger partial charge in [0.2, 0.25) is 0 Å². The second kappa shape index (κ2) is 9.12. The summed E-state index contributed by atoms with van der Waals surface area (Å²) in [5.74, 6) is 0. The molecule has 0 aromatic heterocycles. The summed E-state index contributed by atoms with van der Waals surface area (Å²) >= 11 is 0. The number of carbonyl (C=O) groups is 1. The molecule has 2 heterocycles. The third-order valence-corrected chi connectivity index (χ3v) is 6.49. The summed E-state index contributed by atoms with van der Waals surface area (Å²) in [6.45, 7) is 1.89. The van der Waals surface area contributed by atoms with Gasteiger partial charge < -0.3 is 9.64 Å². The molecule has 2 aliphatic rings. The van der Waals surface area contributed by atoms with Crippen LogP contribution in [0, 0.1) is 6.92 Å². The monoisotopic (exact) mass is 506 g/mol. The number of halogens is 9. The fourth-order valence-corrected chi connectivity index (χ4v) is 4.70. The van der Waals surface area contributed by atoms with E-state index in [1.807, 2.05) is 4.90 Å². The number of hydrogen-bond donors (Lipinski definition) is 0. The molecule has 0 aliphatic carbocycles. The molecule has 1 aromatic rings. The molecule has 34 heavy (non-hydrogen) atoms. The lowest BCUT2D eigenvalue weighted by Gasteiger charge is -2.45. The lowest BCUT2D eigenvalue weighted by Crippen LogP contribution is -2.54. The number of nitrogens with zero attached hydrogens (tertiary/aromatic N) is 2. The number of benzene rings is 1. The molecule has 0 bridgehead atoms. The Hall–Kier alpha value is -2.18. The third kappa shape index (κ3) is 5.72. The first-order chi connectivity index (χ1) is 15.5. The van der Waals surface area contributed by atoms with Crippen molar-refractivity contribution in [2.45, 2.75) is 69.3 Å². The van der Waals surface area contributed by atoms with Gasteiger partial charge in [0.15, 0.2) is 0 Å². The summed E-state index contributed by atoms with van der Waals surface area (Å²) in [5.41, 5.74) is -0.706. The first kappa shape index (κ1) is 26.4. The Kier molecular flexibility index (Phi) is 7.09. The fourth-order valence-electron chi connectivity index (χ4n) is 4.70. The average Bonchev–Trinajstić information content (AvgIpc) is 3.07. The number of hydrogen-bond acceptors (Lipinski definition) is 3. The van der Waals surface area contributed by atoms with Gasteiger partial charge in [-0.3, -0.25) is 4.90 Å². The first-order valence-electron chi connectivity index (χ1n) is 10.5. The number of rotatable bonds is 3. The Morgan fingerprint density at radius 2 is 1.56 bits per heavy atom. The van der Waals surface area contributed by atoms with E-state index in [1.165, 1.54) is 13.0 Å². The maximum atomic E-state index is 13.2. The zero-order valence-electron chi connectivity index (χ0n) is 18.1. The molecule has 1 amide bonds. The highest BCUT2D eigenvalue weighted by Crippen LogP contribution is 2.41. The second-order valence-corrected chi connectivity index (χ2v) is 8.73. The number of amides is 1. The van der Waals surface area contributed by atoms with Crippen molar-refractivity contribution in [1.82, 2.24) is 9.80 Å². The van der Waals surface area contributed by atoms with Crippen molar-refractivity contribution < 1.29 is 49.0 Å². The third-order valence-electron chi connectivity index (χ3n) is 6.49. The Labute approximate surface area is 189 Å². The summed E-state index contributed by atoms with van der Waals surface area (Å²) in [5, 5.41) is 0. The minimum Gasteiger partial charge on any atom is -0.426 e. The van der Waals surface area contributed by atoms with Gasteiger partial charge >= 0.3 is 24.6 Å². The van der Waals surface area contributed by atoms with Gasteiger partial charge in [-0.2, -0.15) is 39.5 Å². The van der Waals surface area contributed by atoms with Crippen LogP contribution >= 0.6 is 0 Å². The van der Waals surface area contributed by atoms with Crippen LogP contribution in [0.15, 0.2) is 18.2 Å². The number of carbonyl (C=O) groups excluding carboxylic acids is 1. The van der Waals surface area contributed by atoms with Crippen LogP contribution in [0.1, 0.15) is 42.4 Å². The summed E-state index contributed by atoms with van der Waals surface area (Å²) in [6.07, 6.45) is -20.1. The van der Waals surface area contributed by atoms with Crippen molar-refractivity contribution in [3.8, 4) is 0 Å². The number of ether oxygens (including phenoxy) is 1. The maximum Gasteiger partial charge on any atom is 0.434 e. The molecule has 0 N–H and O–H groups in total. The summed E-state index contributed by atoms with van der Waals surface area (Å²) in [6, 6.07) is 4.07. The van der Waals surface area contributed by atoms with E-state index in [0.717, 1.165) is 17.4 Å². The SMILES string of the molecule is Cc1ccc(CN2CCCC23CCN(C(=O)OC(C(F)(F)F)C(F)(F)F)CC3)cc1C(F)(F)F. The van der Waals surface area contributed by atoms with Crippen molar-refractivity contribution in [1.29, 1.82) is 0 Å². The number of likely N-dealkylation sites (tertiary alicyclic amines) is 2. The van der Waals surface area contributed by atoms with Crippen LogP contribution < -0.4 is 0 Å². The molecule has 0 radical (unpaired) electrons. The van der Waals surface area contributed by atoms with E-state index < -0.39 is 41.8 Å². The van der Waals surface area contributed by atoms with Crippen LogP contribution in [0.2, 0.25) is 0 Å².